The van der Waals surface area contributed by atoms with Crippen molar-refractivity contribution in [3.8, 4) is 11.4 Å². The lowest BCUT2D eigenvalue weighted by molar-refractivity contribution is 0.0690. The van der Waals surface area contributed by atoms with Crippen LogP contribution in [0.1, 0.15) is 41.7 Å². The maximum atomic E-state index is 11.3. The first-order valence-electron chi connectivity index (χ1n) is 7.58. The standard InChI is InChI=1S/C17H19N3O2/c1-11-5-4-6-12(9-11)16-19-14(17(21)22)10-15(20-16)18-13-7-2-3-8-13/h4-6,9-10,13H,2-3,7-8H2,1H3,(H,21,22)(H,18,19,20). The van der Waals surface area contributed by atoms with Crippen LogP contribution in [0.4, 0.5) is 5.82 Å². The van der Waals surface area contributed by atoms with E-state index in [9.17, 15) is 9.90 Å². The second-order valence-corrected chi connectivity index (χ2v) is 5.76. The van der Waals surface area contributed by atoms with Crippen molar-refractivity contribution in [3.05, 3.63) is 41.6 Å². The van der Waals surface area contributed by atoms with Gasteiger partial charge in [0.05, 0.1) is 0 Å². The van der Waals surface area contributed by atoms with Crippen molar-refractivity contribution < 1.29 is 9.90 Å². The second-order valence-electron chi connectivity index (χ2n) is 5.76. The van der Waals surface area contributed by atoms with Crippen LogP contribution in [0.15, 0.2) is 30.3 Å². The Kier molecular flexibility index (Phi) is 4.04. The largest absolute Gasteiger partial charge is 0.477 e. The molecule has 3 rings (SSSR count). The monoisotopic (exact) mass is 297 g/mol. The van der Waals surface area contributed by atoms with E-state index in [1.54, 1.807) is 0 Å². The predicted octanol–water partition coefficient (Wildman–Crippen LogP) is 3.50. The molecule has 2 aromatic rings. The summed E-state index contributed by atoms with van der Waals surface area (Å²) in [6, 6.07) is 9.66. The normalized spacial score (nSPS) is 15.0. The van der Waals surface area contributed by atoms with Crippen molar-refractivity contribution in [1.82, 2.24) is 9.97 Å². The number of carbonyl (C=O) groups is 1. The van der Waals surface area contributed by atoms with Crippen LogP contribution in [-0.4, -0.2) is 27.1 Å². The van der Waals surface area contributed by atoms with Gasteiger partial charge in [0.1, 0.15) is 5.82 Å². The van der Waals surface area contributed by atoms with E-state index in [2.05, 4.69) is 15.3 Å². The third-order valence-corrected chi connectivity index (χ3v) is 3.93. The molecule has 1 aliphatic carbocycles. The number of aryl methyl sites for hydroxylation is 1. The maximum Gasteiger partial charge on any atom is 0.354 e. The van der Waals surface area contributed by atoms with Gasteiger partial charge in [0.2, 0.25) is 0 Å². The third-order valence-electron chi connectivity index (χ3n) is 3.93. The van der Waals surface area contributed by atoms with Gasteiger partial charge in [-0.25, -0.2) is 14.8 Å². The molecule has 0 unspecified atom stereocenters. The SMILES string of the molecule is Cc1cccc(-c2nc(NC3CCCC3)cc(C(=O)O)n2)c1. The third kappa shape index (κ3) is 3.24. The maximum absolute atomic E-state index is 11.3. The first-order chi connectivity index (χ1) is 10.6. The van der Waals surface area contributed by atoms with Gasteiger partial charge in [0.15, 0.2) is 11.5 Å². The van der Waals surface area contributed by atoms with Gasteiger partial charge in [-0.15, -0.1) is 0 Å². The van der Waals surface area contributed by atoms with Gasteiger partial charge in [-0.2, -0.15) is 0 Å². The number of aromatic carboxylic acids is 1. The van der Waals surface area contributed by atoms with Gasteiger partial charge >= 0.3 is 5.97 Å². The van der Waals surface area contributed by atoms with Crippen molar-refractivity contribution in [2.24, 2.45) is 0 Å². The number of benzene rings is 1. The number of nitrogens with zero attached hydrogens (tertiary/aromatic N) is 2. The predicted molar refractivity (Wildman–Crippen MR) is 85.0 cm³/mol. The van der Waals surface area contributed by atoms with Crippen LogP contribution in [0, 0.1) is 6.92 Å². The molecule has 0 atom stereocenters. The molecule has 0 bridgehead atoms. The van der Waals surface area contributed by atoms with E-state index in [1.807, 2.05) is 31.2 Å². The average Bonchev–Trinajstić information content (AvgIpc) is 3.00. The fourth-order valence-electron chi connectivity index (χ4n) is 2.82. The molecule has 0 aliphatic heterocycles. The molecule has 0 spiro atoms. The Bertz CT molecular complexity index is 694. The van der Waals surface area contributed by atoms with E-state index in [4.69, 9.17) is 0 Å². The molecule has 0 radical (unpaired) electrons. The number of hydrogen-bond acceptors (Lipinski definition) is 4. The molecule has 0 amide bonds. The first kappa shape index (κ1) is 14.5. The number of carboxylic acids is 1. The van der Waals surface area contributed by atoms with Crippen molar-refractivity contribution in [2.75, 3.05) is 5.32 Å². The Morgan fingerprint density at radius 2 is 2.00 bits per heavy atom. The summed E-state index contributed by atoms with van der Waals surface area (Å²) in [5.41, 5.74) is 1.94. The molecule has 1 saturated carbocycles. The summed E-state index contributed by atoms with van der Waals surface area (Å²) in [4.78, 5) is 20.0. The Labute approximate surface area is 129 Å². The van der Waals surface area contributed by atoms with Crippen LogP contribution < -0.4 is 5.32 Å². The molecule has 1 fully saturated rings. The smallest absolute Gasteiger partial charge is 0.354 e. The van der Waals surface area contributed by atoms with E-state index in [1.165, 1.54) is 18.9 Å². The molecule has 0 saturated heterocycles. The molecular weight excluding hydrogens is 278 g/mol. The highest BCUT2D eigenvalue weighted by molar-refractivity contribution is 5.87. The Balaban J connectivity index is 1.98. The molecule has 5 nitrogen and oxygen atoms in total. The molecule has 1 heterocycles. The lowest BCUT2D eigenvalue weighted by Gasteiger charge is -2.14. The molecule has 22 heavy (non-hydrogen) atoms. The van der Waals surface area contributed by atoms with Gasteiger partial charge < -0.3 is 10.4 Å². The van der Waals surface area contributed by atoms with Crippen molar-refractivity contribution in [2.45, 2.75) is 38.6 Å². The number of nitrogens with one attached hydrogen (secondary N) is 1. The zero-order chi connectivity index (χ0) is 15.5. The highest BCUT2D eigenvalue weighted by Crippen LogP contribution is 2.24. The number of carboxylic acid groups (broad SMARTS) is 1. The highest BCUT2D eigenvalue weighted by Gasteiger charge is 2.17. The number of anilines is 1. The van der Waals surface area contributed by atoms with E-state index >= 15 is 0 Å². The summed E-state index contributed by atoms with van der Waals surface area (Å²) in [7, 11) is 0. The van der Waals surface area contributed by atoms with Gasteiger partial charge in [0.25, 0.3) is 0 Å². The van der Waals surface area contributed by atoms with Gasteiger partial charge in [-0.1, -0.05) is 36.6 Å². The Hall–Kier alpha value is -2.43. The summed E-state index contributed by atoms with van der Waals surface area (Å²) in [6.07, 6.45) is 4.62. The molecule has 5 heteroatoms. The Morgan fingerprint density at radius 3 is 2.68 bits per heavy atom. The van der Waals surface area contributed by atoms with Crippen LogP contribution >= 0.6 is 0 Å². The van der Waals surface area contributed by atoms with Crippen LogP contribution in [0.3, 0.4) is 0 Å². The molecule has 1 aromatic heterocycles. The lowest BCUT2D eigenvalue weighted by Crippen LogP contribution is -2.17. The lowest BCUT2D eigenvalue weighted by atomic mass is 10.1. The fourth-order valence-corrected chi connectivity index (χ4v) is 2.82. The second kappa shape index (κ2) is 6.13. The highest BCUT2D eigenvalue weighted by atomic mass is 16.4. The molecule has 1 aliphatic rings. The van der Waals surface area contributed by atoms with Gasteiger partial charge in [-0.3, -0.25) is 0 Å². The fraction of sp³-hybridized carbons (Fsp3) is 0.353. The minimum absolute atomic E-state index is 0.0204. The van der Waals surface area contributed by atoms with Gasteiger partial charge in [0, 0.05) is 17.7 Å². The van der Waals surface area contributed by atoms with Crippen LogP contribution in [0.5, 0.6) is 0 Å². The Morgan fingerprint density at radius 1 is 1.23 bits per heavy atom. The summed E-state index contributed by atoms with van der Waals surface area (Å²) in [5.74, 6) is 0.00526. The van der Waals surface area contributed by atoms with Gasteiger partial charge in [-0.05, 0) is 25.8 Å². The minimum atomic E-state index is -1.04. The van der Waals surface area contributed by atoms with E-state index in [0.29, 0.717) is 17.7 Å². The quantitative estimate of drug-likeness (QED) is 0.903. The molecule has 2 N–H and O–H groups in total. The van der Waals surface area contributed by atoms with E-state index in [0.717, 1.165) is 24.0 Å². The van der Waals surface area contributed by atoms with Crippen molar-refractivity contribution in [1.29, 1.82) is 0 Å². The molecule has 114 valence electrons. The summed E-state index contributed by atoms with van der Waals surface area (Å²) in [6.45, 7) is 1.99. The summed E-state index contributed by atoms with van der Waals surface area (Å²) < 4.78 is 0. The summed E-state index contributed by atoms with van der Waals surface area (Å²) >= 11 is 0. The first-order valence-corrected chi connectivity index (χ1v) is 7.58. The molecule has 1 aromatic carbocycles. The van der Waals surface area contributed by atoms with Crippen molar-refractivity contribution in [3.63, 3.8) is 0 Å². The van der Waals surface area contributed by atoms with Crippen LogP contribution in [0.2, 0.25) is 0 Å². The zero-order valence-electron chi connectivity index (χ0n) is 12.5. The van der Waals surface area contributed by atoms with Crippen molar-refractivity contribution >= 4 is 11.8 Å². The average molecular weight is 297 g/mol. The summed E-state index contributed by atoms with van der Waals surface area (Å²) in [5, 5.41) is 12.6. The number of aromatic nitrogens is 2. The topological polar surface area (TPSA) is 75.1 Å². The van der Waals surface area contributed by atoms with Crippen LogP contribution in [-0.2, 0) is 0 Å². The van der Waals surface area contributed by atoms with E-state index < -0.39 is 5.97 Å². The van der Waals surface area contributed by atoms with E-state index in [-0.39, 0.29) is 5.69 Å². The zero-order valence-corrected chi connectivity index (χ0v) is 12.5. The number of hydrogen-bond donors (Lipinski definition) is 2. The van der Waals surface area contributed by atoms with Crippen LogP contribution in [0.25, 0.3) is 11.4 Å². The molecular formula is C17H19N3O2. The minimum Gasteiger partial charge on any atom is -0.477 e. The number of rotatable bonds is 4.